The van der Waals surface area contributed by atoms with Crippen LogP contribution in [0.5, 0.6) is 5.75 Å². The summed E-state index contributed by atoms with van der Waals surface area (Å²) in [6.07, 6.45) is -0.104. The fraction of sp³-hybridized carbons (Fsp3) is 0.333. The van der Waals surface area contributed by atoms with Gasteiger partial charge in [0.05, 0.1) is 12.5 Å². The zero-order valence-corrected chi connectivity index (χ0v) is 9.43. The minimum atomic E-state index is -0.210. The number of rotatable bonds is 5. The maximum Gasteiger partial charge on any atom is 0.184 e. The lowest BCUT2D eigenvalue weighted by Gasteiger charge is -2.13. The largest absolute Gasteiger partial charge is 0.486 e. The van der Waals surface area contributed by atoms with Gasteiger partial charge in [0.15, 0.2) is 5.78 Å². The molecule has 0 amide bonds. The summed E-state index contributed by atoms with van der Waals surface area (Å²) in [5, 5.41) is 8.32. The number of hydrogen-bond donors (Lipinski definition) is 0. The van der Waals surface area contributed by atoms with Crippen molar-refractivity contribution in [1.82, 2.24) is 0 Å². The Kier molecular flexibility index (Phi) is 4.34. The Morgan fingerprint density at radius 1 is 1.50 bits per heavy atom. The van der Waals surface area contributed by atoms with Crippen molar-refractivity contribution in [2.45, 2.75) is 6.42 Å². The van der Waals surface area contributed by atoms with Crippen molar-refractivity contribution < 1.29 is 9.53 Å². The number of carbonyl (C=O) groups excluding carboxylic acids is 1. The summed E-state index contributed by atoms with van der Waals surface area (Å²) in [5.41, 5.74) is 1.00. The molecule has 1 aromatic carbocycles. The van der Waals surface area contributed by atoms with E-state index in [9.17, 15) is 4.79 Å². The average Bonchev–Trinajstić information content (AvgIpc) is 2.27. The van der Waals surface area contributed by atoms with Gasteiger partial charge in [-0.2, -0.15) is 5.26 Å². The molecule has 84 valence electrons. The Morgan fingerprint density at radius 3 is 2.88 bits per heavy atom. The van der Waals surface area contributed by atoms with Crippen molar-refractivity contribution in [2.75, 3.05) is 25.6 Å². The topological polar surface area (TPSA) is 53.3 Å². The van der Waals surface area contributed by atoms with Crippen LogP contribution in [0.3, 0.4) is 0 Å². The molecule has 0 radical (unpaired) electrons. The number of nitrogens with zero attached hydrogens (tertiary/aromatic N) is 2. The summed E-state index contributed by atoms with van der Waals surface area (Å²) >= 11 is 0. The number of ether oxygens (including phenoxy) is 1. The second-order valence-electron chi connectivity index (χ2n) is 3.55. The molecule has 4 heteroatoms. The molecule has 0 aliphatic carbocycles. The molecule has 0 unspecified atom stereocenters. The highest BCUT2D eigenvalue weighted by Gasteiger charge is 2.03. The molecule has 0 bridgehead atoms. The third-order valence-electron chi connectivity index (χ3n) is 2.01. The Balaban J connectivity index is 2.58. The quantitative estimate of drug-likeness (QED) is 0.753. The first-order valence-electron chi connectivity index (χ1n) is 4.92. The van der Waals surface area contributed by atoms with Crippen molar-refractivity contribution in [1.29, 1.82) is 5.26 Å². The number of benzene rings is 1. The zero-order chi connectivity index (χ0) is 12.0. The zero-order valence-electron chi connectivity index (χ0n) is 9.43. The van der Waals surface area contributed by atoms with E-state index < -0.39 is 0 Å². The van der Waals surface area contributed by atoms with Gasteiger partial charge in [-0.3, -0.25) is 4.79 Å². The molecule has 0 heterocycles. The Hall–Kier alpha value is -2.02. The SMILES string of the molecule is CN(C)c1cccc(OCC(=O)CC#N)c1. The summed E-state index contributed by atoms with van der Waals surface area (Å²) in [6, 6.07) is 9.24. The minimum Gasteiger partial charge on any atom is -0.486 e. The van der Waals surface area contributed by atoms with Crippen LogP contribution in [0.1, 0.15) is 6.42 Å². The van der Waals surface area contributed by atoms with Gasteiger partial charge in [-0.25, -0.2) is 0 Å². The van der Waals surface area contributed by atoms with Crippen LogP contribution in [0, 0.1) is 11.3 Å². The number of ketones is 1. The van der Waals surface area contributed by atoms with Crippen molar-refractivity contribution in [3.05, 3.63) is 24.3 Å². The van der Waals surface area contributed by atoms with Gasteiger partial charge in [0.1, 0.15) is 12.4 Å². The van der Waals surface area contributed by atoms with Crippen molar-refractivity contribution in [3.8, 4) is 11.8 Å². The number of hydrogen-bond acceptors (Lipinski definition) is 4. The van der Waals surface area contributed by atoms with Crippen LogP contribution in [0.25, 0.3) is 0 Å². The molecular weight excluding hydrogens is 204 g/mol. The molecule has 0 fully saturated rings. The highest BCUT2D eigenvalue weighted by molar-refractivity contribution is 5.81. The highest BCUT2D eigenvalue weighted by atomic mass is 16.5. The predicted molar refractivity (Wildman–Crippen MR) is 61.5 cm³/mol. The molecule has 0 aliphatic rings. The molecule has 4 nitrogen and oxygen atoms in total. The molecule has 0 N–H and O–H groups in total. The summed E-state index contributed by atoms with van der Waals surface area (Å²) in [7, 11) is 3.86. The fourth-order valence-corrected chi connectivity index (χ4v) is 1.15. The van der Waals surface area contributed by atoms with Gasteiger partial charge in [0.25, 0.3) is 0 Å². The van der Waals surface area contributed by atoms with Crippen LogP contribution in [0.4, 0.5) is 5.69 Å². The van der Waals surface area contributed by atoms with Gasteiger partial charge in [0, 0.05) is 25.8 Å². The summed E-state index contributed by atoms with van der Waals surface area (Å²) in [4.78, 5) is 13.0. The molecular formula is C12H14N2O2. The smallest absolute Gasteiger partial charge is 0.184 e. The van der Waals surface area contributed by atoms with E-state index in [1.807, 2.05) is 37.2 Å². The molecule has 16 heavy (non-hydrogen) atoms. The lowest BCUT2D eigenvalue weighted by atomic mass is 10.3. The molecule has 1 aromatic rings. The minimum absolute atomic E-state index is 0.0511. The summed E-state index contributed by atoms with van der Waals surface area (Å²) in [6.45, 7) is -0.0511. The number of anilines is 1. The van der Waals surface area contributed by atoms with Gasteiger partial charge in [-0.05, 0) is 12.1 Å². The van der Waals surface area contributed by atoms with Crippen LogP contribution in [0.15, 0.2) is 24.3 Å². The monoisotopic (exact) mass is 218 g/mol. The Bertz CT molecular complexity index is 408. The van der Waals surface area contributed by atoms with Gasteiger partial charge in [-0.15, -0.1) is 0 Å². The van der Waals surface area contributed by atoms with Crippen molar-refractivity contribution in [2.24, 2.45) is 0 Å². The second kappa shape index (κ2) is 5.76. The lowest BCUT2D eigenvalue weighted by molar-refractivity contribution is -0.120. The van der Waals surface area contributed by atoms with E-state index in [-0.39, 0.29) is 18.8 Å². The molecule has 0 aliphatic heterocycles. The summed E-state index contributed by atoms with van der Waals surface area (Å²) in [5.74, 6) is 0.426. The van der Waals surface area contributed by atoms with E-state index in [1.165, 1.54) is 0 Å². The number of carbonyl (C=O) groups is 1. The van der Waals surface area contributed by atoms with Gasteiger partial charge in [0.2, 0.25) is 0 Å². The standard InChI is InChI=1S/C12H14N2O2/c1-14(2)10-4-3-5-12(8-10)16-9-11(15)6-7-13/h3-5,8H,6,9H2,1-2H3. The Labute approximate surface area is 95.0 Å². The molecule has 0 atom stereocenters. The lowest BCUT2D eigenvalue weighted by Crippen LogP contribution is -2.11. The first-order valence-corrected chi connectivity index (χ1v) is 4.92. The van der Waals surface area contributed by atoms with Gasteiger partial charge >= 0.3 is 0 Å². The van der Waals surface area contributed by atoms with Crippen LogP contribution in [0.2, 0.25) is 0 Å². The maximum absolute atomic E-state index is 11.1. The predicted octanol–water partition coefficient (Wildman–Crippen LogP) is 1.61. The van der Waals surface area contributed by atoms with E-state index in [0.717, 1.165) is 5.69 Å². The van der Waals surface area contributed by atoms with E-state index in [4.69, 9.17) is 10.00 Å². The molecule has 0 saturated heterocycles. The number of Topliss-reactive ketones (excluding diaryl/α,β-unsaturated/α-hetero) is 1. The van der Waals surface area contributed by atoms with Gasteiger partial charge < -0.3 is 9.64 Å². The normalized spacial score (nSPS) is 9.31. The highest BCUT2D eigenvalue weighted by Crippen LogP contribution is 2.19. The second-order valence-corrected chi connectivity index (χ2v) is 3.55. The van der Waals surface area contributed by atoms with Crippen LogP contribution < -0.4 is 9.64 Å². The fourth-order valence-electron chi connectivity index (χ4n) is 1.15. The summed E-state index contributed by atoms with van der Waals surface area (Å²) < 4.78 is 5.28. The van der Waals surface area contributed by atoms with Crippen molar-refractivity contribution in [3.63, 3.8) is 0 Å². The van der Waals surface area contributed by atoms with E-state index in [0.29, 0.717) is 5.75 Å². The van der Waals surface area contributed by atoms with E-state index >= 15 is 0 Å². The van der Waals surface area contributed by atoms with Crippen LogP contribution >= 0.6 is 0 Å². The van der Waals surface area contributed by atoms with Crippen molar-refractivity contribution >= 4 is 11.5 Å². The molecule has 0 aromatic heterocycles. The first kappa shape index (κ1) is 12.1. The third-order valence-corrected chi connectivity index (χ3v) is 2.01. The first-order chi connectivity index (χ1) is 7.63. The van der Waals surface area contributed by atoms with Crippen LogP contribution in [-0.4, -0.2) is 26.5 Å². The van der Waals surface area contributed by atoms with E-state index in [1.54, 1.807) is 12.1 Å². The molecule has 0 saturated carbocycles. The third kappa shape index (κ3) is 3.62. The molecule has 1 rings (SSSR count). The van der Waals surface area contributed by atoms with E-state index in [2.05, 4.69) is 0 Å². The van der Waals surface area contributed by atoms with Gasteiger partial charge in [-0.1, -0.05) is 6.07 Å². The average molecular weight is 218 g/mol. The number of nitriles is 1. The molecule has 0 spiro atoms. The van der Waals surface area contributed by atoms with Crippen LogP contribution in [-0.2, 0) is 4.79 Å². The maximum atomic E-state index is 11.1. The Morgan fingerprint density at radius 2 is 2.25 bits per heavy atom.